The molecule has 2 fully saturated rings. The van der Waals surface area contributed by atoms with E-state index in [0.29, 0.717) is 0 Å². The lowest BCUT2D eigenvalue weighted by atomic mass is 9.82. The Bertz CT molecular complexity index is 243. The van der Waals surface area contributed by atoms with Crippen molar-refractivity contribution in [2.24, 2.45) is 23.5 Å². The highest BCUT2D eigenvalue weighted by Gasteiger charge is 2.43. The fraction of sp³-hybridized carbons (Fsp3) is 1.00. The molecule has 1 atom stereocenters. The van der Waals surface area contributed by atoms with Crippen LogP contribution in [0.4, 0.5) is 0 Å². The molecule has 1 unspecified atom stereocenters. The van der Waals surface area contributed by atoms with Crippen LogP contribution in [0.3, 0.4) is 0 Å². The minimum Gasteiger partial charge on any atom is -0.329 e. The summed E-state index contributed by atoms with van der Waals surface area (Å²) in [5, 5.41) is 3.87. The number of hydrogen-bond acceptors (Lipinski definition) is 2. The summed E-state index contributed by atoms with van der Waals surface area (Å²) in [6.45, 7) is 6.66. The molecule has 0 radical (unpaired) electrons. The maximum atomic E-state index is 6.14. The minimum absolute atomic E-state index is 0.272. The van der Waals surface area contributed by atoms with E-state index >= 15 is 0 Å². The van der Waals surface area contributed by atoms with Crippen molar-refractivity contribution in [3.63, 3.8) is 0 Å². The number of nitrogens with two attached hydrogens (primary N) is 1. The summed E-state index contributed by atoms with van der Waals surface area (Å²) in [6, 6.07) is 0. The van der Waals surface area contributed by atoms with Gasteiger partial charge in [0.25, 0.3) is 0 Å². The van der Waals surface area contributed by atoms with E-state index in [1.54, 1.807) is 0 Å². The minimum atomic E-state index is 0.272. The van der Waals surface area contributed by atoms with Crippen molar-refractivity contribution in [2.75, 3.05) is 13.1 Å². The highest BCUT2D eigenvalue weighted by Crippen LogP contribution is 2.42. The maximum absolute atomic E-state index is 6.14. The van der Waals surface area contributed by atoms with Crippen LogP contribution in [-0.2, 0) is 0 Å². The van der Waals surface area contributed by atoms with Gasteiger partial charge in [0.15, 0.2) is 0 Å². The van der Waals surface area contributed by atoms with E-state index in [9.17, 15) is 0 Å². The first-order valence-electron chi connectivity index (χ1n) is 8.11. The molecule has 0 saturated heterocycles. The first-order valence-corrected chi connectivity index (χ1v) is 8.11. The molecular formula is C16H32N2. The SMILES string of the molecule is CC(C)CCC(CN)(NCCC1CCC1)C1CC1. The third-order valence-corrected chi connectivity index (χ3v) is 5.15. The second-order valence-electron chi connectivity index (χ2n) is 7.08. The van der Waals surface area contributed by atoms with Crippen molar-refractivity contribution >= 4 is 0 Å². The quantitative estimate of drug-likeness (QED) is 0.661. The van der Waals surface area contributed by atoms with Gasteiger partial charge in [-0.15, -0.1) is 0 Å². The zero-order valence-corrected chi connectivity index (χ0v) is 12.4. The summed E-state index contributed by atoms with van der Waals surface area (Å²) < 4.78 is 0. The monoisotopic (exact) mass is 252 g/mol. The highest BCUT2D eigenvalue weighted by molar-refractivity contribution is 5.02. The van der Waals surface area contributed by atoms with Gasteiger partial charge >= 0.3 is 0 Å². The first kappa shape index (κ1) is 14.3. The third kappa shape index (κ3) is 3.71. The van der Waals surface area contributed by atoms with Gasteiger partial charge in [-0.2, -0.15) is 0 Å². The molecule has 2 aliphatic carbocycles. The average molecular weight is 252 g/mol. The Kier molecular flexibility index (Phi) is 5.08. The molecule has 0 aromatic heterocycles. The maximum Gasteiger partial charge on any atom is 0.0332 e. The molecule has 0 bridgehead atoms. The standard InChI is InChI=1S/C16H32N2/c1-13(2)8-10-16(12-17,15-6-7-15)18-11-9-14-4-3-5-14/h13-15,18H,3-12,17H2,1-2H3. The van der Waals surface area contributed by atoms with Crippen LogP contribution in [0.5, 0.6) is 0 Å². The van der Waals surface area contributed by atoms with Gasteiger partial charge < -0.3 is 11.1 Å². The number of rotatable bonds is 9. The molecule has 2 aliphatic rings. The second kappa shape index (κ2) is 6.38. The van der Waals surface area contributed by atoms with Crippen molar-refractivity contribution in [1.29, 1.82) is 0 Å². The largest absolute Gasteiger partial charge is 0.329 e. The van der Waals surface area contributed by atoms with E-state index in [1.807, 2.05) is 0 Å². The molecule has 2 saturated carbocycles. The van der Waals surface area contributed by atoms with Crippen LogP contribution >= 0.6 is 0 Å². The van der Waals surface area contributed by atoms with E-state index in [0.717, 1.165) is 24.3 Å². The van der Waals surface area contributed by atoms with Gasteiger partial charge in [0.1, 0.15) is 0 Å². The van der Waals surface area contributed by atoms with Crippen molar-refractivity contribution in [2.45, 2.75) is 70.8 Å². The third-order valence-electron chi connectivity index (χ3n) is 5.15. The van der Waals surface area contributed by atoms with Gasteiger partial charge in [0.2, 0.25) is 0 Å². The van der Waals surface area contributed by atoms with Gasteiger partial charge in [0, 0.05) is 12.1 Å². The van der Waals surface area contributed by atoms with Crippen LogP contribution in [0.25, 0.3) is 0 Å². The van der Waals surface area contributed by atoms with E-state index in [2.05, 4.69) is 19.2 Å². The molecular weight excluding hydrogens is 220 g/mol. The second-order valence-corrected chi connectivity index (χ2v) is 7.08. The Labute approximate surface area is 113 Å². The number of hydrogen-bond donors (Lipinski definition) is 2. The predicted molar refractivity (Wildman–Crippen MR) is 78.5 cm³/mol. The summed E-state index contributed by atoms with van der Waals surface area (Å²) in [6.07, 6.45) is 11.1. The van der Waals surface area contributed by atoms with Crippen molar-refractivity contribution in [1.82, 2.24) is 5.32 Å². The Hall–Kier alpha value is -0.0800. The summed E-state index contributed by atoms with van der Waals surface area (Å²) in [7, 11) is 0. The van der Waals surface area contributed by atoms with Gasteiger partial charge in [-0.3, -0.25) is 0 Å². The molecule has 0 heterocycles. The van der Waals surface area contributed by atoms with Crippen LogP contribution in [0.2, 0.25) is 0 Å². The van der Waals surface area contributed by atoms with Crippen LogP contribution in [0.15, 0.2) is 0 Å². The fourth-order valence-corrected chi connectivity index (χ4v) is 3.27. The lowest BCUT2D eigenvalue weighted by Crippen LogP contribution is -2.54. The topological polar surface area (TPSA) is 38.0 Å². The molecule has 0 amide bonds. The van der Waals surface area contributed by atoms with E-state index in [4.69, 9.17) is 5.73 Å². The summed E-state index contributed by atoms with van der Waals surface area (Å²) in [5.74, 6) is 2.67. The van der Waals surface area contributed by atoms with Crippen LogP contribution in [0.1, 0.15) is 65.2 Å². The average Bonchev–Trinajstić information content (AvgIpc) is 3.10. The van der Waals surface area contributed by atoms with Crippen molar-refractivity contribution in [3.8, 4) is 0 Å². The lowest BCUT2D eigenvalue weighted by molar-refractivity contribution is 0.226. The summed E-state index contributed by atoms with van der Waals surface area (Å²) in [4.78, 5) is 0. The van der Waals surface area contributed by atoms with E-state index in [1.165, 1.54) is 57.9 Å². The Morgan fingerprint density at radius 3 is 2.39 bits per heavy atom. The molecule has 2 rings (SSSR count). The van der Waals surface area contributed by atoms with E-state index in [-0.39, 0.29) is 5.54 Å². The Balaban J connectivity index is 1.78. The molecule has 3 N–H and O–H groups in total. The zero-order chi connectivity index (χ0) is 13.0. The summed E-state index contributed by atoms with van der Waals surface area (Å²) >= 11 is 0. The van der Waals surface area contributed by atoms with Gasteiger partial charge in [-0.1, -0.05) is 33.1 Å². The van der Waals surface area contributed by atoms with E-state index < -0.39 is 0 Å². The van der Waals surface area contributed by atoms with Crippen molar-refractivity contribution < 1.29 is 0 Å². The number of nitrogens with one attached hydrogen (secondary N) is 1. The van der Waals surface area contributed by atoms with Gasteiger partial charge in [0.05, 0.1) is 0 Å². The lowest BCUT2D eigenvalue weighted by Gasteiger charge is -2.36. The Morgan fingerprint density at radius 2 is 1.94 bits per heavy atom. The molecule has 2 nitrogen and oxygen atoms in total. The van der Waals surface area contributed by atoms with Crippen LogP contribution in [0, 0.1) is 17.8 Å². The molecule has 0 spiro atoms. The zero-order valence-electron chi connectivity index (χ0n) is 12.4. The molecule has 0 aromatic rings. The molecule has 106 valence electrons. The van der Waals surface area contributed by atoms with Gasteiger partial charge in [-0.05, 0) is 56.4 Å². The van der Waals surface area contributed by atoms with Crippen LogP contribution in [-0.4, -0.2) is 18.6 Å². The molecule has 0 aliphatic heterocycles. The normalized spacial score (nSPS) is 24.0. The highest BCUT2D eigenvalue weighted by atomic mass is 15.0. The fourth-order valence-electron chi connectivity index (χ4n) is 3.27. The predicted octanol–water partition coefficient (Wildman–Crippen LogP) is 3.31. The molecule has 0 aromatic carbocycles. The Morgan fingerprint density at radius 1 is 1.22 bits per heavy atom. The van der Waals surface area contributed by atoms with Gasteiger partial charge in [-0.25, -0.2) is 0 Å². The van der Waals surface area contributed by atoms with Crippen molar-refractivity contribution in [3.05, 3.63) is 0 Å². The molecule has 18 heavy (non-hydrogen) atoms. The first-order chi connectivity index (χ1) is 8.66. The summed E-state index contributed by atoms with van der Waals surface area (Å²) in [5.41, 5.74) is 6.41. The smallest absolute Gasteiger partial charge is 0.0332 e. The molecule has 2 heteroatoms. The van der Waals surface area contributed by atoms with Crippen LogP contribution < -0.4 is 11.1 Å².